The number of aliphatic hydroxyl groups is 1. The molecule has 108 valence electrons. The van der Waals surface area contributed by atoms with E-state index in [0.717, 1.165) is 18.6 Å². The first-order valence-corrected chi connectivity index (χ1v) is 5.87. The average molecular weight is 282 g/mol. The van der Waals surface area contributed by atoms with Gasteiger partial charge in [-0.25, -0.2) is 0 Å². The van der Waals surface area contributed by atoms with Gasteiger partial charge in [0.1, 0.15) is 5.69 Å². The maximum Gasteiger partial charge on any atom is 0.301 e. The third-order valence-electron chi connectivity index (χ3n) is 2.41. The Morgan fingerprint density at radius 3 is 2.60 bits per heavy atom. The van der Waals surface area contributed by atoms with Gasteiger partial charge >= 0.3 is 5.69 Å². The fourth-order valence-electron chi connectivity index (χ4n) is 1.41. The van der Waals surface area contributed by atoms with Crippen molar-refractivity contribution in [3.05, 3.63) is 38.4 Å². The van der Waals surface area contributed by atoms with Gasteiger partial charge in [-0.3, -0.25) is 25.7 Å². The number of benzene rings is 1. The van der Waals surface area contributed by atoms with Crippen molar-refractivity contribution in [1.82, 2.24) is 0 Å². The zero-order valence-electron chi connectivity index (χ0n) is 10.6. The van der Waals surface area contributed by atoms with Crippen molar-refractivity contribution < 1.29 is 15.0 Å². The number of nitro groups is 2. The summed E-state index contributed by atoms with van der Waals surface area (Å²) in [4.78, 5) is 20.0. The van der Waals surface area contributed by atoms with E-state index in [1.165, 1.54) is 12.3 Å². The van der Waals surface area contributed by atoms with E-state index < -0.39 is 15.5 Å². The highest BCUT2D eigenvalue weighted by Gasteiger charge is 2.18. The summed E-state index contributed by atoms with van der Waals surface area (Å²) < 4.78 is 0. The van der Waals surface area contributed by atoms with Crippen molar-refractivity contribution in [3.8, 4) is 0 Å². The minimum atomic E-state index is -0.712. The van der Waals surface area contributed by atoms with Gasteiger partial charge in [0.15, 0.2) is 0 Å². The van der Waals surface area contributed by atoms with Crippen LogP contribution in [0.1, 0.15) is 19.3 Å². The van der Waals surface area contributed by atoms with Gasteiger partial charge in [0, 0.05) is 18.9 Å². The number of non-ortho nitro benzene ring substituents is 1. The fraction of sp³-hybridized carbons (Fsp3) is 0.364. The maximum atomic E-state index is 10.8. The summed E-state index contributed by atoms with van der Waals surface area (Å²) in [6, 6.07) is 3.28. The molecule has 9 heteroatoms. The highest BCUT2D eigenvalue weighted by molar-refractivity contribution is 5.67. The summed E-state index contributed by atoms with van der Waals surface area (Å²) >= 11 is 0. The van der Waals surface area contributed by atoms with Crippen molar-refractivity contribution in [3.63, 3.8) is 0 Å². The molecular weight excluding hydrogens is 268 g/mol. The van der Waals surface area contributed by atoms with Gasteiger partial charge in [0.05, 0.1) is 15.9 Å². The van der Waals surface area contributed by atoms with Crippen LogP contribution < -0.4 is 5.43 Å². The van der Waals surface area contributed by atoms with Crippen LogP contribution >= 0.6 is 0 Å². The van der Waals surface area contributed by atoms with Gasteiger partial charge in [-0.2, -0.15) is 5.10 Å². The zero-order chi connectivity index (χ0) is 15.0. The molecule has 0 fully saturated rings. The van der Waals surface area contributed by atoms with Crippen LogP contribution in [-0.4, -0.2) is 27.8 Å². The quantitative estimate of drug-likeness (QED) is 0.324. The number of anilines is 1. The van der Waals surface area contributed by atoms with E-state index >= 15 is 0 Å². The van der Waals surface area contributed by atoms with Crippen LogP contribution in [0, 0.1) is 20.2 Å². The summed E-state index contributed by atoms with van der Waals surface area (Å²) in [7, 11) is 0. The second-order valence-corrected chi connectivity index (χ2v) is 3.86. The van der Waals surface area contributed by atoms with Gasteiger partial charge in [-0.05, 0) is 25.3 Å². The van der Waals surface area contributed by atoms with E-state index in [2.05, 4.69) is 10.5 Å². The Hall–Kier alpha value is -2.55. The van der Waals surface area contributed by atoms with Crippen LogP contribution in [-0.2, 0) is 0 Å². The zero-order valence-corrected chi connectivity index (χ0v) is 10.6. The molecule has 0 saturated carbocycles. The summed E-state index contributed by atoms with van der Waals surface area (Å²) in [5.74, 6) is 0. The van der Waals surface area contributed by atoms with Crippen molar-refractivity contribution >= 4 is 23.3 Å². The molecule has 0 bridgehead atoms. The lowest BCUT2D eigenvalue weighted by atomic mass is 10.2. The highest BCUT2D eigenvalue weighted by Crippen LogP contribution is 2.28. The number of hydrogen-bond acceptors (Lipinski definition) is 7. The molecule has 0 aliphatic heterocycles. The number of unbranched alkanes of at least 4 members (excludes halogenated alkanes) is 2. The van der Waals surface area contributed by atoms with E-state index in [-0.39, 0.29) is 18.0 Å². The van der Waals surface area contributed by atoms with Gasteiger partial charge in [-0.1, -0.05) is 0 Å². The number of rotatable bonds is 8. The first-order valence-electron chi connectivity index (χ1n) is 5.87. The standard InChI is InChI=1S/C11H14N4O5/c16-7-3-1-2-6-12-13-10-5-4-9(14(17)18)8-11(10)15(19)20/h4-6,8,13,16H,1-3,7H2. The molecule has 1 rings (SSSR count). The minimum Gasteiger partial charge on any atom is -0.396 e. The first-order chi connectivity index (χ1) is 9.56. The van der Waals surface area contributed by atoms with E-state index in [9.17, 15) is 20.2 Å². The molecule has 0 aromatic heterocycles. The van der Waals surface area contributed by atoms with Crippen LogP contribution in [0.25, 0.3) is 0 Å². The van der Waals surface area contributed by atoms with E-state index in [1.807, 2.05) is 0 Å². The Labute approximate surface area is 114 Å². The SMILES string of the molecule is O=[N+]([O-])c1ccc(NN=CCCCCO)c([N+](=O)[O-])c1. The van der Waals surface area contributed by atoms with E-state index in [0.29, 0.717) is 12.8 Å². The number of aliphatic hydroxyl groups excluding tert-OH is 1. The second kappa shape index (κ2) is 7.79. The lowest BCUT2D eigenvalue weighted by Crippen LogP contribution is -1.98. The summed E-state index contributed by atoms with van der Waals surface area (Å²) in [6.45, 7) is 0.106. The molecular formula is C11H14N4O5. The molecule has 0 unspecified atom stereocenters. The Morgan fingerprint density at radius 2 is 2.00 bits per heavy atom. The number of nitro benzene ring substituents is 2. The molecule has 2 N–H and O–H groups in total. The molecule has 9 nitrogen and oxygen atoms in total. The van der Waals surface area contributed by atoms with Crippen LogP contribution in [0.3, 0.4) is 0 Å². The second-order valence-electron chi connectivity index (χ2n) is 3.86. The van der Waals surface area contributed by atoms with Crippen molar-refractivity contribution in [1.29, 1.82) is 0 Å². The Kier molecular flexibility index (Phi) is 6.04. The lowest BCUT2D eigenvalue weighted by molar-refractivity contribution is -0.393. The van der Waals surface area contributed by atoms with Crippen molar-refractivity contribution in [2.45, 2.75) is 19.3 Å². The molecule has 1 aromatic rings. The van der Waals surface area contributed by atoms with Crippen LogP contribution in [0.5, 0.6) is 0 Å². The smallest absolute Gasteiger partial charge is 0.301 e. The summed E-state index contributed by atoms with van der Waals surface area (Å²) in [6.07, 6.45) is 3.56. The molecule has 20 heavy (non-hydrogen) atoms. The molecule has 0 spiro atoms. The lowest BCUT2D eigenvalue weighted by Gasteiger charge is -2.01. The Morgan fingerprint density at radius 1 is 1.25 bits per heavy atom. The molecule has 0 aliphatic rings. The number of nitrogens with one attached hydrogen (secondary N) is 1. The number of hydrogen-bond donors (Lipinski definition) is 2. The van der Waals surface area contributed by atoms with E-state index in [4.69, 9.17) is 5.11 Å². The molecule has 0 atom stereocenters. The highest BCUT2D eigenvalue weighted by atomic mass is 16.6. The van der Waals surface area contributed by atoms with Gasteiger partial charge in [0.2, 0.25) is 0 Å². The maximum absolute atomic E-state index is 10.8. The molecule has 1 aromatic carbocycles. The van der Waals surface area contributed by atoms with Crippen molar-refractivity contribution in [2.24, 2.45) is 5.10 Å². The predicted octanol–water partition coefficient (Wildman–Crippen LogP) is 2.06. The summed E-state index contributed by atoms with van der Waals surface area (Å²) in [5, 5.41) is 33.8. The normalized spacial score (nSPS) is 10.7. The van der Waals surface area contributed by atoms with Crippen LogP contribution in [0.4, 0.5) is 17.1 Å². The number of nitrogens with zero attached hydrogens (tertiary/aromatic N) is 3. The molecule has 0 radical (unpaired) electrons. The molecule has 0 saturated heterocycles. The van der Waals surface area contributed by atoms with Crippen molar-refractivity contribution in [2.75, 3.05) is 12.0 Å². The number of hydrazone groups is 1. The molecule has 0 heterocycles. The van der Waals surface area contributed by atoms with Gasteiger partial charge in [0.25, 0.3) is 5.69 Å². The fourth-order valence-corrected chi connectivity index (χ4v) is 1.41. The third kappa shape index (κ3) is 4.61. The van der Waals surface area contributed by atoms with Gasteiger partial charge < -0.3 is 5.11 Å². The average Bonchev–Trinajstić information content (AvgIpc) is 2.42. The molecule has 0 aliphatic carbocycles. The van der Waals surface area contributed by atoms with Crippen LogP contribution in [0.15, 0.2) is 23.3 Å². The van der Waals surface area contributed by atoms with Crippen LogP contribution in [0.2, 0.25) is 0 Å². The van der Waals surface area contributed by atoms with E-state index in [1.54, 1.807) is 0 Å². The minimum absolute atomic E-state index is 0.0824. The monoisotopic (exact) mass is 282 g/mol. The van der Waals surface area contributed by atoms with Gasteiger partial charge in [-0.15, -0.1) is 0 Å². The predicted molar refractivity (Wildman–Crippen MR) is 72.8 cm³/mol. The third-order valence-corrected chi connectivity index (χ3v) is 2.41. The Balaban J connectivity index is 2.74. The summed E-state index contributed by atoms with van der Waals surface area (Å²) in [5.41, 5.74) is 1.80. The first kappa shape index (κ1) is 15.5. The topological polar surface area (TPSA) is 131 Å². The largest absolute Gasteiger partial charge is 0.396 e. The molecule has 0 amide bonds. The Bertz CT molecular complexity index is 518.